The lowest BCUT2D eigenvalue weighted by atomic mass is 10.0. The maximum atomic E-state index is 13.0. The number of nitrogens with zero attached hydrogens (tertiary/aromatic N) is 1. The molecule has 12 N–H and O–H groups in total. The summed E-state index contributed by atoms with van der Waals surface area (Å²) in [5.74, 6) is -6.22. The summed E-state index contributed by atoms with van der Waals surface area (Å²) < 4.78 is 0. The SMILES string of the molecule is CCCCCCc1ccc(C(=O)N[C@H](CO)C(=O)N[C@H](N)C(=O)NCC(=O)N(C)[C@H](C(=O)N[C@@H](N)C(=O)N[C@@H](CC(C)C)C(=O)NCC=O)C(C)O)cc1. The Labute approximate surface area is 315 Å². The number of unbranched alkanes of at least 4 members (excludes halogenated alkanes) is 3. The predicted molar refractivity (Wildman–Crippen MR) is 197 cm³/mol. The first-order chi connectivity index (χ1) is 25.5. The molecule has 0 saturated heterocycles. The maximum Gasteiger partial charge on any atom is 0.258 e. The Kier molecular flexibility index (Phi) is 21.2. The van der Waals surface area contributed by atoms with Gasteiger partial charge in [0.2, 0.25) is 23.6 Å². The van der Waals surface area contributed by atoms with Gasteiger partial charge in [-0.2, -0.15) is 0 Å². The standard InChI is InChI=1S/C35H57N9O10/c1-6-7-8-9-10-22-11-13-23(14-12-22)30(49)41-25(19-46)32(51)42-28(36)34(53)39-18-26(48)44(5)27(21(4)47)33(52)43-29(37)35(54)40-24(17-20(2)3)31(50)38-15-16-45/h11-14,16,20-21,24-25,27-29,46-47H,6-10,15,17-19,36-37H2,1-5H3,(H,38,50)(H,39,53)(H,40,54)(H,41,49)(H,42,51)(H,43,52)/t21?,24-,25+,27-,28-,29+/m0/s1. The number of aliphatic hydroxyl groups excluding tert-OH is 2. The minimum absolute atomic E-state index is 0.0441. The van der Waals surface area contributed by atoms with E-state index in [9.17, 15) is 48.6 Å². The van der Waals surface area contributed by atoms with Crippen LogP contribution in [0.25, 0.3) is 0 Å². The zero-order chi connectivity index (χ0) is 41.0. The normalized spacial score (nSPS) is 14.3. The summed E-state index contributed by atoms with van der Waals surface area (Å²) in [5.41, 5.74) is 12.9. The maximum absolute atomic E-state index is 13.0. The van der Waals surface area contributed by atoms with Crippen molar-refractivity contribution in [1.29, 1.82) is 0 Å². The summed E-state index contributed by atoms with van der Waals surface area (Å²) in [6.07, 6.45) is 1.00. The number of carbonyl (C=O) groups excluding carboxylic acids is 8. The van der Waals surface area contributed by atoms with E-state index in [1.807, 2.05) is 12.1 Å². The Morgan fingerprint density at radius 1 is 0.778 bits per heavy atom. The third kappa shape index (κ3) is 16.4. The van der Waals surface area contributed by atoms with E-state index in [4.69, 9.17) is 11.5 Å². The molecule has 6 atom stereocenters. The van der Waals surface area contributed by atoms with Crippen LogP contribution in [0.15, 0.2) is 24.3 Å². The van der Waals surface area contributed by atoms with Crippen molar-refractivity contribution in [3.05, 3.63) is 35.4 Å². The number of hydrogen-bond acceptors (Lipinski definition) is 12. The van der Waals surface area contributed by atoms with E-state index in [2.05, 4.69) is 38.8 Å². The molecule has 302 valence electrons. The average Bonchev–Trinajstić information content (AvgIpc) is 3.12. The van der Waals surface area contributed by atoms with Gasteiger partial charge in [-0.3, -0.25) is 33.6 Å². The highest BCUT2D eigenvalue weighted by atomic mass is 16.3. The number of amides is 7. The molecule has 54 heavy (non-hydrogen) atoms. The van der Waals surface area contributed by atoms with E-state index < -0.39 is 91.1 Å². The Hall–Kier alpha value is -4.98. The summed E-state index contributed by atoms with van der Waals surface area (Å²) in [4.78, 5) is 101. The van der Waals surface area contributed by atoms with Crippen molar-refractivity contribution in [2.75, 3.05) is 26.7 Å². The number of rotatable bonds is 24. The van der Waals surface area contributed by atoms with Crippen LogP contribution in [0, 0.1) is 5.92 Å². The summed E-state index contributed by atoms with van der Waals surface area (Å²) in [7, 11) is 1.14. The second kappa shape index (κ2) is 24.4. The van der Waals surface area contributed by atoms with Gasteiger partial charge < -0.3 is 63.3 Å². The molecular weight excluding hydrogens is 706 g/mol. The van der Waals surface area contributed by atoms with Crippen LogP contribution < -0.4 is 43.4 Å². The molecule has 0 spiro atoms. The smallest absolute Gasteiger partial charge is 0.258 e. The molecule has 1 rings (SSSR count). The second-order valence-corrected chi connectivity index (χ2v) is 13.2. The number of nitrogens with one attached hydrogen (secondary N) is 6. The molecule has 0 bridgehead atoms. The first-order valence-electron chi connectivity index (χ1n) is 17.8. The van der Waals surface area contributed by atoms with Crippen LogP contribution in [-0.2, 0) is 40.0 Å². The highest BCUT2D eigenvalue weighted by Gasteiger charge is 2.34. The number of aliphatic hydroxyl groups is 2. The predicted octanol–water partition coefficient (Wildman–Crippen LogP) is -3.13. The number of carbonyl (C=O) groups is 8. The van der Waals surface area contributed by atoms with Crippen molar-refractivity contribution in [2.24, 2.45) is 17.4 Å². The molecule has 1 aromatic carbocycles. The molecular formula is C35H57N9O10. The van der Waals surface area contributed by atoms with Crippen molar-refractivity contribution >= 4 is 47.6 Å². The van der Waals surface area contributed by atoms with Crippen LogP contribution in [-0.4, -0.2) is 126 Å². The van der Waals surface area contributed by atoms with Gasteiger partial charge in [-0.05, 0) is 49.8 Å². The first-order valence-corrected chi connectivity index (χ1v) is 17.8. The number of aldehydes is 1. The zero-order valence-electron chi connectivity index (χ0n) is 31.6. The fraction of sp³-hybridized carbons (Fsp3) is 0.600. The van der Waals surface area contributed by atoms with Crippen LogP contribution in [0.4, 0.5) is 0 Å². The van der Waals surface area contributed by atoms with Crippen LogP contribution in [0.2, 0.25) is 0 Å². The van der Waals surface area contributed by atoms with Crippen LogP contribution in [0.3, 0.4) is 0 Å². The largest absolute Gasteiger partial charge is 0.394 e. The van der Waals surface area contributed by atoms with Gasteiger partial charge in [0.1, 0.15) is 24.4 Å². The zero-order valence-corrected chi connectivity index (χ0v) is 31.6. The molecule has 0 heterocycles. The molecule has 0 saturated carbocycles. The molecule has 19 nitrogen and oxygen atoms in total. The van der Waals surface area contributed by atoms with E-state index in [0.717, 1.165) is 49.6 Å². The van der Waals surface area contributed by atoms with Crippen molar-refractivity contribution in [3.8, 4) is 0 Å². The average molecular weight is 764 g/mol. The molecule has 7 amide bonds. The number of aryl methyl sites for hydroxylation is 1. The van der Waals surface area contributed by atoms with Gasteiger partial charge in [-0.25, -0.2) is 0 Å². The lowest BCUT2D eigenvalue weighted by molar-refractivity contribution is -0.144. The number of nitrogens with two attached hydrogens (primary N) is 2. The molecule has 1 aromatic rings. The molecule has 0 aliphatic heterocycles. The van der Waals surface area contributed by atoms with Gasteiger partial charge >= 0.3 is 0 Å². The van der Waals surface area contributed by atoms with E-state index in [1.165, 1.54) is 6.92 Å². The number of likely N-dealkylation sites (N-methyl/N-ethyl adjacent to an activating group) is 1. The second-order valence-electron chi connectivity index (χ2n) is 13.2. The van der Waals surface area contributed by atoms with E-state index in [-0.39, 0.29) is 24.4 Å². The van der Waals surface area contributed by atoms with Gasteiger partial charge in [0.15, 0.2) is 12.3 Å². The van der Waals surface area contributed by atoms with Crippen LogP contribution in [0.1, 0.15) is 75.7 Å². The Bertz CT molecular complexity index is 1420. The minimum atomic E-state index is -1.72. The quantitative estimate of drug-likeness (QED) is 0.0284. The molecule has 0 aliphatic rings. The molecule has 0 aromatic heterocycles. The van der Waals surface area contributed by atoms with Gasteiger partial charge in [0.25, 0.3) is 17.7 Å². The van der Waals surface area contributed by atoms with Gasteiger partial charge in [-0.15, -0.1) is 0 Å². The van der Waals surface area contributed by atoms with Gasteiger partial charge in [0, 0.05) is 12.6 Å². The topological polar surface area (TPSA) is 304 Å². The monoisotopic (exact) mass is 763 g/mol. The summed E-state index contributed by atoms with van der Waals surface area (Å²) >= 11 is 0. The molecule has 19 heteroatoms. The van der Waals surface area contributed by atoms with E-state index in [1.54, 1.807) is 26.0 Å². The molecule has 0 aliphatic carbocycles. The first kappa shape index (κ1) is 47.0. The van der Waals surface area contributed by atoms with Gasteiger partial charge in [0.05, 0.1) is 25.8 Å². The lowest BCUT2D eigenvalue weighted by Crippen LogP contribution is -2.62. The molecule has 0 radical (unpaired) electrons. The number of benzene rings is 1. The fourth-order valence-corrected chi connectivity index (χ4v) is 5.14. The van der Waals surface area contributed by atoms with Crippen molar-refractivity contribution in [2.45, 2.75) is 103 Å². The lowest BCUT2D eigenvalue weighted by Gasteiger charge is -2.30. The van der Waals surface area contributed by atoms with Gasteiger partial charge in [-0.1, -0.05) is 52.2 Å². The highest BCUT2D eigenvalue weighted by Crippen LogP contribution is 2.11. The Balaban J connectivity index is 2.74. The Morgan fingerprint density at radius 2 is 1.39 bits per heavy atom. The van der Waals surface area contributed by atoms with Crippen molar-refractivity contribution in [1.82, 2.24) is 36.8 Å². The summed E-state index contributed by atoms with van der Waals surface area (Å²) in [6.45, 7) is 5.08. The third-order valence-electron chi connectivity index (χ3n) is 8.15. The summed E-state index contributed by atoms with van der Waals surface area (Å²) in [5, 5.41) is 33.7. The Morgan fingerprint density at radius 3 is 1.94 bits per heavy atom. The fourth-order valence-electron chi connectivity index (χ4n) is 5.14. The highest BCUT2D eigenvalue weighted by molar-refractivity contribution is 5.99. The molecule has 0 fully saturated rings. The number of hydrogen-bond donors (Lipinski definition) is 10. The van der Waals surface area contributed by atoms with Crippen molar-refractivity contribution < 1.29 is 48.6 Å². The van der Waals surface area contributed by atoms with E-state index in [0.29, 0.717) is 6.29 Å². The van der Waals surface area contributed by atoms with Crippen molar-refractivity contribution in [3.63, 3.8) is 0 Å². The third-order valence-corrected chi connectivity index (χ3v) is 8.15. The van der Waals surface area contributed by atoms with Crippen LogP contribution >= 0.6 is 0 Å². The van der Waals surface area contributed by atoms with E-state index >= 15 is 0 Å². The van der Waals surface area contributed by atoms with Crippen LogP contribution in [0.5, 0.6) is 0 Å². The summed E-state index contributed by atoms with van der Waals surface area (Å²) in [6, 6.07) is 2.70. The minimum Gasteiger partial charge on any atom is -0.394 e. The molecule has 1 unspecified atom stereocenters.